The highest BCUT2D eigenvalue weighted by Gasteiger charge is 2.42. The van der Waals surface area contributed by atoms with Crippen molar-refractivity contribution in [2.45, 2.75) is 31.3 Å². The first kappa shape index (κ1) is 17.0. The molecule has 0 bridgehead atoms. The number of carbonyl (C=O) groups is 1. The summed E-state index contributed by atoms with van der Waals surface area (Å²) in [6.07, 6.45) is 2.55. The maximum atomic E-state index is 13.9. The second-order valence-corrected chi connectivity index (χ2v) is 8.02. The summed E-state index contributed by atoms with van der Waals surface area (Å²) >= 11 is 7.83. The standard InChI is InChI=1S/C19H19ClFNO2S/c20-15-2-1-3-16(21)13(15)12-18(23)22-8-6-19(7-9-22)14-5-11-25-17(14)4-10-24-19/h1-3,5,11H,4,6-10,12H2. The lowest BCUT2D eigenvalue weighted by molar-refractivity contribution is -0.140. The molecule has 2 aromatic rings. The Morgan fingerprint density at radius 2 is 2.12 bits per heavy atom. The molecule has 2 aliphatic heterocycles. The molecular formula is C19H19ClFNO2S. The molecule has 1 fully saturated rings. The number of hydrogen-bond donors (Lipinski definition) is 0. The van der Waals surface area contributed by atoms with Crippen LogP contribution in [0.5, 0.6) is 0 Å². The highest BCUT2D eigenvalue weighted by atomic mass is 35.5. The van der Waals surface area contributed by atoms with Crippen LogP contribution >= 0.6 is 22.9 Å². The first-order valence-electron chi connectivity index (χ1n) is 8.50. The van der Waals surface area contributed by atoms with E-state index in [1.54, 1.807) is 28.4 Å². The number of likely N-dealkylation sites (tertiary alicyclic amines) is 1. The molecule has 0 atom stereocenters. The van der Waals surface area contributed by atoms with Gasteiger partial charge in [-0.25, -0.2) is 4.39 Å². The zero-order valence-corrected chi connectivity index (χ0v) is 15.3. The molecule has 1 amide bonds. The van der Waals surface area contributed by atoms with Crippen molar-refractivity contribution in [3.05, 3.63) is 56.5 Å². The number of benzene rings is 1. The Balaban J connectivity index is 1.45. The van der Waals surface area contributed by atoms with E-state index in [1.165, 1.54) is 16.5 Å². The molecule has 0 unspecified atom stereocenters. The van der Waals surface area contributed by atoms with Gasteiger partial charge >= 0.3 is 0 Å². The lowest BCUT2D eigenvalue weighted by Crippen LogP contribution is -2.48. The molecule has 0 radical (unpaired) electrons. The highest BCUT2D eigenvalue weighted by Crippen LogP contribution is 2.43. The molecule has 2 aliphatic rings. The van der Waals surface area contributed by atoms with Gasteiger partial charge in [0, 0.05) is 35.0 Å². The SMILES string of the molecule is O=C(Cc1c(F)cccc1Cl)N1CCC2(CC1)OCCc1sccc12. The maximum Gasteiger partial charge on any atom is 0.227 e. The fraction of sp³-hybridized carbons (Fsp3) is 0.421. The molecule has 0 saturated carbocycles. The van der Waals surface area contributed by atoms with Gasteiger partial charge < -0.3 is 9.64 Å². The number of nitrogens with zero attached hydrogens (tertiary/aromatic N) is 1. The Kier molecular flexibility index (Phi) is 4.56. The van der Waals surface area contributed by atoms with Crippen LogP contribution in [0.25, 0.3) is 0 Å². The van der Waals surface area contributed by atoms with Gasteiger partial charge in [-0.2, -0.15) is 0 Å². The summed E-state index contributed by atoms with van der Waals surface area (Å²) < 4.78 is 20.1. The topological polar surface area (TPSA) is 29.5 Å². The normalized spacial score (nSPS) is 19.0. The zero-order chi connectivity index (χ0) is 17.4. The van der Waals surface area contributed by atoms with E-state index in [1.807, 2.05) is 0 Å². The van der Waals surface area contributed by atoms with Crippen molar-refractivity contribution in [2.24, 2.45) is 0 Å². The van der Waals surface area contributed by atoms with Crippen molar-refractivity contribution >= 4 is 28.8 Å². The third kappa shape index (κ3) is 3.09. The van der Waals surface area contributed by atoms with Crippen molar-refractivity contribution in [1.82, 2.24) is 4.90 Å². The van der Waals surface area contributed by atoms with Crippen LogP contribution in [0.4, 0.5) is 4.39 Å². The van der Waals surface area contributed by atoms with Crippen LogP contribution in [0.2, 0.25) is 5.02 Å². The number of ether oxygens (including phenoxy) is 1. The van der Waals surface area contributed by atoms with Gasteiger partial charge in [0.1, 0.15) is 5.82 Å². The molecule has 0 aliphatic carbocycles. The van der Waals surface area contributed by atoms with E-state index < -0.39 is 5.82 Å². The average molecular weight is 380 g/mol. The van der Waals surface area contributed by atoms with Gasteiger partial charge in [0.05, 0.1) is 18.6 Å². The van der Waals surface area contributed by atoms with Gasteiger partial charge in [-0.15, -0.1) is 11.3 Å². The summed E-state index contributed by atoms with van der Waals surface area (Å²) in [6, 6.07) is 6.67. The second-order valence-electron chi connectivity index (χ2n) is 6.61. The molecule has 4 rings (SSSR count). The molecule has 3 heterocycles. The lowest BCUT2D eigenvalue weighted by atomic mass is 9.82. The van der Waals surface area contributed by atoms with Crippen molar-refractivity contribution < 1.29 is 13.9 Å². The highest BCUT2D eigenvalue weighted by molar-refractivity contribution is 7.10. The second kappa shape index (κ2) is 6.71. The van der Waals surface area contributed by atoms with Crippen LogP contribution in [0.3, 0.4) is 0 Å². The first-order valence-corrected chi connectivity index (χ1v) is 9.76. The number of piperidine rings is 1. The summed E-state index contributed by atoms with van der Waals surface area (Å²) in [6.45, 7) is 1.99. The molecule has 0 N–H and O–H groups in total. The summed E-state index contributed by atoms with van der Waals surface area (Å²) in [5.41, 5.74) is 1.33. The predicted molar refractivity (Wildman–Crippen MR) is 96.6 cm³/mol. The molecule has 132 valence electrons. The number of amides is 1. The van der Waals surface area contributed by atoms with Crippen LogP contribution in [0.1, 0.15) is 28.8 Å². The maximum absolute atomic E-state index is 13.9. The molecule has 25 heavy (non-hydrogen) atoms. The average Bonchev–Trinajstić information content (AvgIpc) is 3.09. The summed E-state index contributed by atoms with van der Waals surface area (Å²) in [5, 5.41) is 2.43. The lowest BCUT2D eigenvalue weighted by Gasteiger charge is -2.44. The van der Waals surface area contributed by atoms with Crippen LogP contribution < -0.4 is 0 Å². The monoisotopic (exact) mass is 379 g/mol. The molecule has 1 spiro atoms. The third-order valence-electron chi connectivity index (χ3n) is 5.26. The fourth-order valence-corrected chi connectivity index (χ4v) is 5.03. The Labute approximate surface area is 155 Å². The number of hydrogen-bond acceptors (Lipinski definition) is 3. The van der Waals surface area contributed by atoms with Gasteiger partial charge in [0.2, 0.25) is 5.91 Å². The van der Waals surface area contributed by atoms with E-state index in [-0.39, 0.29) is 23.5 Å². The Morgan fingerprint density at radius 1 is 1.32 bits per heavy atom. The minimum Gasteiger partial charge on any atom is -0.370 e. The van der Waals surface area contributed by atoms with Gasteiger partial charge in [-0.3, -0.25) is 4.79 Å². The number of rotatable bonds is 2. The van der Waals surface area contributed by atoms with Crippen LogP contribution in [-0.2, 0) is 28.0 Å². The minimum atomic E-state index is -0.423. The van der Waals surface area contributed by atoms with E-state index in [2.05, 4.69) is 11.4 Å². The molecule has 1 aromatic heterocycles. The molecule has 6 heteroatoms. The number of carbonyl (C=O) groups excluding carboxylic acids is 1. The Bertz CT molecular complexity index is 778. The largest absolute Gasteiger partial charge is 0.370 e. The minimum absolute atomic E-state index is 0.00304. The summed E-state index contributed by atoms with van der Waals surface area (Å²) in [4.78, 5) is 15.8. The molecule has 1 saturated heterocycles. The van der Waals surface area contributed by atoms with Gasteiger partial charge in [-0.1, -0.05) is 17.7 Å². The van der Waals surface area contributed by atoms with Crippen LogP contribution in [0, 0.1) is 5.82 Å². The van der Waals surface area contributed by atoms with E-state index >= 15 is 0 Å². The predicted octanol–water partition coefficient (Wildman–Crippen LogP) is 4.17. The van der Waals surface area contributed by atoms with Crippen molar-refractivity contribution in [2.75, 3.05) is 19.7 Å². The van der Waals surface area contributed by atoms with E-state index in [0.29, 0.717) is 18.1 Å². The van der Waals surface area contributed by atoms with Crippen molar-refractivity contribution in [3.63, 3.8) is 0 Å². The smallest absolute Gasteiger partial charge is 0.227 e. The fourth-order valence-electron chi connectivity index (χ4n) is 3.85. The van der Waals surface area contributed by atoms with Gasteiger partial charge in [0.25, 0.3) is 0 Å². The van der Waals surface area contributed by atoms with E-state index in [9.17, 15) is 9.18 Å². The number of halogens is 2. The quantitative estimate of drug-likeness (QED) is 0.783. The Morgan fingerprint density at radius 3 is 2.88 bits per heavy atom. The van der Waals surface area contributed by atoms with Gasteiger partial charge in [-0.05, 0) is 42.0 Å². The van der Waals surface area contributed by atoms with Crippen LogP contribution in [-0.4, -0.2) is 30.5 Å². The number of thiophene rings is 1. The summed E-state index contributed by atoms with van der Waals surface area (Å²) in [7, 11) is 0. The summed E-state index contributed by atoms with van der Waals surface area (Å²) in [5.74, 6) is -0.504. The molecule has 1 aromatic carbocycles. The molecule has 3 nitrogen and oxygen atoms in total. The van der Waals surface area contributed by atoms with E-state index in [4.69, 9.17) is 16.3 Å². The Hall–Kier alpha value is -1.43. The number of fused-ring (bicyclic) bond motifs is 2. The van der Waals surface area contributed by atoms with Gasteiger partial charge in [0.15, 0.2) is 0 Å². The van der Waals surface area contributed by atoms with E-state index in [0.717, 1.165) is 25.9 Å². The zero-order valence-electron chi connectivity index (χ0n) is 13.8. The van der Waals surface area contributed by atoms with Crippen LogP contribution in [0.15, 0.2) is 29.6 Å². The van der Waals surface area contributed by atoms with Crippen molar-refractivity contribution in [1.29, 1.82) is 0 Å². The molecular weight excluding hydrogens is 361 g/mol. The first-order chi connectivity index (χ1) is 12.1. The van der Waals surface area contributed by atoms with Crippen molar-refractivity contribution in [3.8, 4) is 0 Å². The third-order valence-corrected chi connectivity index (χ3v) is 6.59.